The highest BCUT2D eigenvalue weighted by Gasteiger charge is 2.30. The zero-order valence-corrected chi connectivity index (χ0v) is 7.88. The number of ether oxygens (including phenoxy) is 1. The van der Waals surface area contributed by atoms with Gasteiger partial charge in [-0.3, -0.25) is 0 Å². The molecule has 1 aromatic carbocycles. The molecule has 0 bridgehead atoms. The van der Waals surface area contributed by atoms with Crippen LogP contribution in [-0.4, -0.2) is 13.0 Å². The molecule has 0 fully saturated rings. The molecule has 0 aliphatic rings. The molecule has 0 aliphatic heterocycles. The molecule has 1 aromatic rings. The second-order valence-corrected chi connectivity index (χ2v) is 3.00. The number of hydrogen-bond donors (Lipinski definition) is 0. The highest BCUT2D eigenvalue weighted by atomic mass is 19.4. The molecule has 1 rings (SSSR count). The van der Waals surface area contributed by atoms with E-state index in [0.29, 0.717) is 18.4 Å². The third-order valence-electron chi connectivity index (χ3n) is 1.74. The SMILES string of the molecule is [O]CCCc1cccc(OC(F)(F)F)c1. The zero-order valence-electron chi connectivity index (χ0n) is 7.88. The number of alkyl halides is 3. The Labute approximate surface area is 85.3 Å². The minimum absolute atomic E-state index is 0.232. The highest BCUT2D eigenvalue weighted by Crippen LogP contribution is 2.23. The monoisotopic (exact) mass is 219 g/mol. The van der Waals surface area contributed by atoms with Gasteiger partial charge in [-0.05, 0) is 30.5 Å². The van der Waals surface area contributed by atoms with Gasteiger partial charge in [0.25, 0.3) is 0 Å². The molecule has 0 aromatic heterocycles. The molecule has 0 amide bonds. The summed E-state index contributed by atoms with van der Waals surface area (Å²) in [4.78, 5) is 0. The molecular formula is C10H10F3O2. The van der Waals surface area contributed by atoms with Crippen LogP contribution in [0.3, 0.4) is 0 Å². The fourth-order valence-electron chi connectivity index (χ4n) is 1.17. The number of benzene rings is 1. The topological polar surface area (TPSA) is 29.1 Å². The molecule has 0 atom stereocenters. The van der Waals surface area contributed by atoms with Gasteiger partial charge in [-0.15, -0.1) is 13.2 Å². The first-order chi connectivity index (χ1) is 7.01. The first kappa shape index (κ1) is 11.8. The summed E-state index contributed by atoms with van der Waals surface area (Å²) in [6.07, 6.45) is -3.79. The van der Waals surface area contributed by atoms with Gasteiger partial charge in [0.15, 0.2) is 0 Å². The minimum atomic E-state index is -4.67. The summed E-state index contributed by atoms with van der Waals surface area (Å²) < 4.78 is 39.3. The number of rotatable bonds is 4. The van der Waals surface area contributed by atoms with E-state index in [0.717, 1.165) is 0 Å². The van der Waals surface area contributed by atoms with Crippen molar-refractivity contribution in [2.24, 2.45) is 0 Å². The normalized spacial score (nSPS) is 11.5. The van der Waals surface area contributed by atoms with Crippen molar-refractivity contribution < 1.29 is 23.0 Å². The Morgan fingerprint density at radius 3 is 2.60 bits per heavy atom. The maximum Gasteiger partial charge on any atom is 0.573 e. The van der Waals surface area contributed by atoms with Crippen molar-refractivity contribution in [1.82, 2.24) is 0 Å². The third-order valence-corrected chi connectivity index (χ3v) is 1.74. The van der Waals surface area contributed by atoms with Crippen LogP contribution in [0.2, 0.25) is 0 Å². The smallest absolute Gasteiger partial charge is 0.406 e. The average Bonchev–Trinajstić information content (AvgIpc) is 2.12. The molecule has 1 radical (unpaired) electrons. The molecule has 5 heteroatoms. The molecule has 0 aliphatic carbocycles. The maximum atomic E-state index is 11.9. The Morgan fingerprint density at radius 1 is 1.27 bits per heavy atom. The van der Waals surface area contributed by atoms with Gasteiger partial charge in [0.2, 0.25) is 0 Å². The van der Waals surface area contributed by atoms with Crippen molar-refractivity contribution in [2.75, 3.05) is 6.61 Å². The molecule has 0 N–H and O–H groups in total. The standard InChI is InChI=1S/C10H10F3O2/c11-10(12,13)15-9-5-1-3-8(7-9)4-2-6-14/h1,3,5,7H,2,4,6H2. The van der Waals surface area contributed by atoms with E-state index in [1.54, 1.807) is 6.07 Å². The predicted molar refractivity (Wildman–Crippen MR) is 47.0 cm³/mol. The van der Waals surface area contributed by atoms with Gasteiger partial charge in [0.1, 0.15) is 5.75 Å². The minimum Gasteiger partial charge on any atom is -0.406 e. The van der Waals surface area contributed by atoms with Gasteiger partial charge in [-0.2, -0.15) is 0 Å². The molecule has 0 spiro atoms. The van der Waals surface area contributed by atoms with Crippen LogP contribution in [-0.2, 0) is 11.5 Å². The first-order valence-corrected chi connectivity index (χ1v) is 4.44. The molecule has 0 unspecified atom stereocenters. The first-order valence-electron chi connectivity index (χ1n) is 4.44. The van der Waals surface area contributed by atoms with Crippen molar-refractivity contribution in [3.8, 4) is 5.75 Å². The van der Waals surface area contributed by atoms with E-state index < -0.39 is 6.36 Å². The van der Waals surface area contributed by atoms with E-state index in [2.05, 4.69) is 4.74 Å². The van der Waals surface area contributed by atoms with E-state index in [9.17, 15) is 18.3 Å². The quantitative estimate of drug-likeness (QED) is 0.765. The second-order valence-electron chi connectivity index (χ2n) is 3.00. The maximum absolute atomic E-state index is 11.9. The largest absolute Gasteiger partial charge is 0.573 e. The van der Waals surface area contributed by atoms with Crippen LogP contribution in [0.15, 0.2) is 24.3 Å². The van der Waals surface area contributed by atoms with Crippen molar-refractivity contribution in [2.45, 2.75) is 19.2 Å². The third kappa shape index (κ3) is 4.69. The lowest BCUT2D eigenvalue weighted by Gasteiger charge is -2.09. The van der Waals surface area contributed by atoms with Crippen LogP contribution >= 0.6 is 0 Å². The lowest BCUT2D eigenvalue weighted by atomic mass is 10.1. The molecule has 83 valence electrons. The van der Waals surface area contributed by atoms with Gasteiger partial charge in [-0.1, -0.05) is 12.1 Å². The summed E-state index contributed by atoms with van der Waals surface area (Å²) in [5, 5.41) is 10.2. The molecule has 0 heterocycles. The summed E-state index contributed by atoms with van der Waals surface area (Å²) >= 11 is 0. The van der Waals surface area contributed by atoms with Crippen LogP contribution in [0.4, 0.5) is 13.2 Å². The Hall–Kier alpha value is -1.23. The van der Waals surface area contributed by atoms with Crippen LogP contribution in [0.25, 0.3) is 0 Å². The van der Waals surface area contributed by atoms with Crippen LogP contribution < -0.4 is 4.74 Å². The molecule has 0 saturated heterocycles. The van der Waals surface area contributed by atoms with E-state index in [1.807, 2.05) is 0 Å². The van der Waals surface area contributed by atoms with Crippen molar-refractivity contribution in [3.05, 3.63) is 29.8 Å². The van der Waals surface area contributed by atoms with Gasteiger partial charge in [0.05, 0.1) is 6.61 Å². The molecule has 0 saturated carbocycles. The lowest BCUT2D eigenvalue weighted by molar-refractivity contribution is -0.274. The van der Waals surface area contributed by atoms with E-state index in [4.69, 9.17) is 0 Å². The summed E-state index contributed by atoms with van der Waals surface area (Å²) in [6.45, 7) is -0.232. The average molecular weight is 219 g/mol. The highest BCUT2D eigenvalue weighted by molar-refractivity contribution is 5.28. The van der Waals surface area contributed by atoms with Crippen LogP contribution in [0.1, 0.15) is 12.0 Å². The fraction of sp³-hybridized carbons (Fsp3) is 0.400. The number of hydrogen-bond acceptors (Lipinski definition) is 1. The van der Waals surface area contributed by atoms with Crippen LogP contribution in [0, 0.1) is 0 Å². The Balaban J connectivity index is 2.66. The number of halogens is 3. The lowest BCUT2D eigenvalue weighted by Crippen LogP contribution is -2.17. The molecule has 2 nitrogen and oxygen atoms in total. The van der Waals surface area contributed by atoms with Crippen molar-refractivity contribution >= 4 is 0 Å². The predicted octanol–water partition coefficient (Wildman–Crippen LogP) is 2.95. The summed E-state index contributed by atoms with van der Waals surface area (Å²) in [6, 6.07) is 5.66. The Kier molecular flexibility index (Phi) is 3.96. The Bertz CT molecular complexity index is 310. The van der Waals surface area contributed by atoms with E-state index in [1.165, 1.54) is 18.2 Å². The van der Waals surface area contributed by atoms with Gasteiger partial charge < -0.3 is 4.74 Å². The van der Waals surface area contributed by atoms with Crippen LogP contribution in [0.5, 0.6) is 5.75 Å². The van der Waals surface area contributed by atoms with E-state index in [-0.39, 0.29) is 12.4 Å². The summed E-state index contributed by atoms with van der Waals surface area (Å²) in [7, 11) is 0. The van der Waals surface area contributed by atoms with Gasteiger partial charge in [0, 0.05) is 0 Å². The van der Waals surface area contributed by atoms with Crippen molar-refractivity contribution in [1.29, 1.82) is 0 Å². The molecule has 15 heavy (non-hydrogen) atoms. The summed E-state index contributed by atoms with van der Waals surface area (Å²) in [5.74, 6) is -0.245. The molecular weight excluding hydrogens is 209 g/mol. The Morgan fingerprint density at radius 2 is 2.00 bits per heavy atom. The van der Waals surface area contributed by atoms with Gasteiger partial charge >= 0.3 is 6.36 Å². The van der Waals surface area contributed by atoms with Gasteiger partial charge in [-0.25, -0.2) is 5.11 Å². The summed E-state index contributed by atoms with van der Waals surface area (Å²) in [5.41, 5.74) is 0.674. The zero-order chi connectivity index (χ0) is 11.3. The fourth-order valence-corrected chi connectivity index (χ4v) is 1.17. The van der Waals surface area contributed by atoms with E-state index >= 15 is 0 Å². The second kappa shape index (κ2) is 5.02. The number of aryl methyl sites for hydroxylation is 1. The van der Waals surface area contributed by atoms with Crippen molar-refractivity contribution in [3.63, 3.8) is 0 Å².